The van der Waals surface area contributed by atoms with Gasteiger partial charge in [0.1, 0.15) is 0 Å². The Morgan fingerprint density at radius 3 is 2.05 bits per heavy atom. The minimum Gasteiger partial charge on any atom is -0.399 e. The van der Waals surface area contributed by atoms with Gasteiger partial charge >= 0.3 is 0 Å². The third-order valence-corrected chi connectivity index (χ3v) is 5.28. The molecule has 0 saturated heterocycles. The van der Waals surface area contributed by atoms with Crippen LogP contribution in [0.5, 0.6) is 0 Å². The van der Waals surface area contributed by atoms with Gasteiger partial charge in [-0.2, -0.15) is 0 Å². The lowest BCUT2D eigenvalue weighted by molar-refractivity contribution is 0.595. The molecule has 3 nitrogen and oxygen atoms in total. The van der Waals surface area contributed by atoms with E-state index >= 15 is 0 Å². The van der Waals surface area contributed by atoms with Crippen LogP contribution < -0.4 is 5.73 Å². The second-order valence-electron chi connectivity index (χ2n) is 5.53. The summed E-state index contributed by atoms with van der Waals surface area (Å²) in [7, 11) is -3.24. The zero-order chi connectivity index (χ0) is 15.5. The van der Waals surface area contributed by atoms with Gasteiger partial charge < -0.3 is 5.73 Å². The van der Waals surface area contributed by atoms with Gasteiger partial charge in [0.2, 0.25) is 0 Å². The zero-order valence-corrected chi connectivity index (χ0v) is 13.2. The molecule has 4 heteroatoms. The zero-order valence-electron chi connectivity index (χ0n) is 12.4. The maximum Gasteiger partial charge on any atom is 0.178 e. The van der Waals surface area contributed by atoms with Gasteiger partial charge in [-0.3, -0.25) is 0 Å². The van der Waals surface area contributed by atoms with Gasteiger partial charge in [-0.1, -0.05) is 38.1 Å². The summed E-state index contributed by atoms with van der Waals surface area (Å²) in [5.74, 6) is 0.509. The molecule has 0 atom stereocenters. The van der Waals surface area contributed by atoms with E-state index in [-0.39, 0.29) is 5.75 Å². The van der Waals surface area contributed by atoms with Crippen LogP contribution in [0.15, 0.2) is 53.4 Å². The second-order valence-corrected chi connectivity index (χ2v) is 7.64. The van der Waals surface area contributed by atoms with E-state index in [1.165, 1.54) is 0 Å². The second kappa shape index (κ2) is 6.31. The number of aryl methyl sites for hydroxylation is 1. The van der Waals surface area contributed by atoms with Gasteiger partial charge in [0.25, 0.3) is 0 Å². The third kappa shape index (κ3) is 4.08. The van der Waals surface area contributed by atoms with Crippen molar-refractivity contribution in [3.8, 4) is 0 Å². The van der Waals surface area contributed by atoms with Crippen LogP contribution in [0.2, 0.25) is 0 Å². The molecular formula is C17H21NO2S. The van der Waals surface area contributed by atoms with Crippen molar-refractivity contribution in [1.82, 2.24) is 0 Å². The predicted molar refractivity (Wildman–Crippen MR) is 87.1 cm³/mol. The summed E-state index contributed by atoms with van der Waals surface area (Å²) in [5, 5.41) is 0. The van der Waals surface area contributed by atoms with Crippen LogP contribution in [0, 0.1) is 0 Å². The molecule has 0 aromatic heterocycles. The van der Waals surface area contributed by atoms with E-state index in [4.69, 9.17) is 5.73 Å². The number of nitrogen functional groups attached to an aromatic ring is 1. The number of sulfone groups is 1. The maximum atomic E-state index is 12.3. The molecule has 0 spiro atoms. The molecule has 2 N–H and O–H groups in total. The Labute approximate surface area is 126 Å². The first-order valence-corrected chi connectivity index (χ1v) is 8.71. The van der Waals surface area contributed by atoms with Gasteiger partial charge in [0, 0.05) is 5.69 Å². The Hall–Kier alpha value is -1.81. The highest BCUT2D eigenvalue weighted by molar-refractivity contribution is 7.91. The Kier molecular flexibility index (Phi) is 4.68. The van der Waals surface area contributed by atoms with Crippen LogP contribution in [0.1, 0.15) is 30.9 Å². The maximum absolute atomic E-state index is 12.3. The lowest BCUT2D eigenvalue weighted by Gasteiger charge is -2.08. The van der Waals surface area contributed by atoms with Crippen molar-refractivity contribution in [1.29, 1.82) is 0 Å². The predicted octanol–water partition coefficient (Wildman–Crippen LogP) is 3.41. The van der Waals surface area contributed by atoms with E-state index < -0.39 is 9.84 Å². The minimum atomic E-state index is -3.24. The van der Waals surface area contributed by atoms with E-state index in [9.17, 15) is 8.42 Å². The molecule has 0 heterocycles. The summed E-state index contributed by atoms with van der Waals surface area (Å²) in [6, 6.07) is 14.5. The van der Waals surface area contributed by atoms with E-state index in [0.29, 0.717) is 22.9 Å². The molecule has 0 radical (unpaired) electrons. The SMILES string of the molecule is CC(C)c1ccc(S(=O)(=O)CCc2ccc(N)cc2)cc1. The van der Waals surface area contributed by atoms with Crippen LogP contribution >= 0.6 is 0 Å². The number of hydrogen-bond donors (Lipinski definition) is 1. The summed E-state index contributed by atoms with van der Waals surface area (Å²) in [6.07, 6.45) is 0.495. The third-order valence-electron chi connectivity index (χ3n) is 3.55. The van der Waals surface area contributed by atoms with Crippen molar-refractivity contribution < 1.29 is 8.42 Å². The van der Waals surface area contributed by atoms with Gasteiger partial charge in [-0.05, 0) is 47.7 Å². The molecule has 2 aromatic carbocycles. The topological polar surface area (TPSA) is 60.2 Å². The smallest absolute Gasteiger partial charge is 0.178 e. The fraction of sp³-hybridized carbons (Fsp3) is 0.294. The van der Waals surface area contributed by atoms with Gasteiger partial charge in [-0.15, -0.1) is 0 Å². The first-order valence-electron chi connectivity index (χ1n) is 7.05. The lowest BCUT2D eigenvalue weighted by Crippen LogP contribution is -2.09. The van der Waals surface area contributed by atoms with E-state index in [1.807, 2.05) is 24.3 Å². The molecule has 0 fully saturated rings. The first-order chi connectivity index (χ1) is 9.88. The molecule has 0 saturated carbocycles. The highest BCUT2D eigenvalue weighted by Gasteiger charge is 2.14. The van der Waals surface area contributed by atoms with Crippen molar-refractivity contribution in [3.05, 3.63) is 59.7 Å². The number of anilines is 1. The van der Waals surface area contributed by atoms with E-state index in [0.717, 1.165) is 11.1 Å². The number of rotatable bonds is 5. The number of nitrogens with two attached hydrogens (primary N) is 1. The van der Waals surface area contributed by atoms with Crippen LogP contribution in [-0.4, -0.2) is 14.2 Å². The Morgan fingerprint density at radius 1 is 0.952 bits per heavy atom. The first kappa shape index (κ1) is 15.6. The van der Waals surface area contributed by atoms with Crippen molar-refractivity contribution >= 4 is 15.5 Å². The molecule has 21 heavy (non-hydrogen) atoms. The fourth-order valence-electron chi connectivity index (χ4n) is 2.11. The molecule has 2 aromatic rings. The molecule has 2 rings (SSSR count). The lowest BCUT2D eigenvalue weighted by atomic mass is 10.0. The van der Waals surface area contributed by atoms with Crippen molar-refractivity contribution in [2.45, 2.75) is 31.1 Å². The minimum absolute atomic E-state index is 0.109. The van der Waals surface area contributed by atoms with Crippen molar-refractivity contribution in [3.63, 3.8) is 0 Å². The molecule has 0 bridgehead atoms. The molecule has 0 aliphatic rings. The van der Waals surface area contributed by atoms with Crippen LogP contribution in [0.3, 0.4) is 0 Å². The van der Waals surface area contributed by atoms with Gasteiger partial charge in [0.15, 0.2) is 9.84 Å². The highest BCUT2D eigenvalue weighted by Crippen LogP contribution is 2.19. The van der Waals surface area contributed by atoms with E-state index in [2.05, 4.69) is 13.8 Å². The van der Waals surface area contributed by atoms with E-state index in [1.54, 1.807) is 24.3 Å². The summed E-state index contributed by atoms with van der Waals surface area (Å²) < 4.78 is 24.7. The van der Waals surface area contributed by atoms with Crippen LogP contribution in [0.25, 0.3) is 0 Å². The molecule has 0 amide bonds. The molecule has 0 aliphatic heterocycles. The largest absolute Gasteiger partial charge is 0.399 e. The number of hydrogen-bond acceptors (Lipinski definition) is 3. The summed E-state index contributed by atoms with van der Waals surface area (Å²) in [4.78, 5) is 0.391. The highest BCUT2D eigenvalue weighted by atomic mass is 32.2. The Bertz CT molecular complexity index is 687. The Morgan fingerprint density at radius 2 is 1.52 bits per heavy atom. The molecule has 0 unspecified atom stereocenters. The molecular weight excluding hydrogens is 282 g/mol. The summed E-state index contributed by atoms with van der Waals surface area (Å²) in [6.45, 7) is 4.18. The van der Waals surface area contributed by atoms with Crippen LogP contribution in [0.4, 0.5) is 5.69 Å². The van der Waals surface area contributed by atoms with Gasteiger partial charge in [0.05, 0.1) is 10.6 Å². The standard InChI is InChI=1S/C17H21NO2S/c1-13(2)15-5-9-17(10-6-15)21(19,20)12-11-14-3-7-16(18)8-4-14/h3-10,13H,11-12,18H2,1-2H3. The van der Waals surface area contributed by atoms with Crippen LogP contribution in [-0.2, 0) is 16.3 Å². The fourth-order valence-corrected chi connectivity index (χ4v) is 3.41. The molecule has 112 valence electrons. The van der Waals surface area contributed by atoms with Gasteiger partial charge in [-0.25, -0.2) is 8.42 Å². The van der Waals surface area contributed by atoms with Crippen molar-refractivity contribution in [2.24, 2.45) is 0 Å². The average Bonchev–Trinajstić information content (AvgIpc) is 2.47. The number of benzene rings is 2. The summed E-state index contributed by atoms with van der Waals surface area (Å²) >= 11 is 0. The van der Waals surface area contributed by atoms with Crippen molar-refractivity contribution in [2.75, 3.05) is 11.5 Å². The quantitative estimate of drug-likeness (QED) is 0.861. The average molecular weight is 303 g/mol. The molecule has 0 aliphatic carbocycles. The monoisotopic (exact) mass is 303 g/mol. The normalized spacial score (nSPS) is 11.8. The summed E-state index contributed by atoms with van der Waals surface area (Å²) in [5.41, 5.74) is 8.43. The Balaban J connectivity index is 2.09.